The summed E-state index contributed by atoms with van der Waals surface area (Å²) < 4.78 is 39.9. The number of aliphatic hydroxyl groups excluding tert-OH is 1. The summed E-state index contributed by atoms with van der Waals surface area (Å²) in [5, 5.41) is 12.3. The molecule has 0 saturated heterocycles. The van der Waals surface area contributed by atoms with E-state index in [0.29, 0.717) is 17.2 Å². The Morgan fingerprint density at radius 1 is 1.20 bits per heavy atom. The number of benzene rings is 1. The van der Waals surface area contributed by atoms with Gasteiger partial charge in [0.25, 0.3) is 10.1 Å². The molecular formula is C11H17NNaO6S. The minimum Gasteiger partial charge on any atom is -0.497 e. The Morgan fingerprint density at radius 2 is 1.70 bits per heavy atom. The molecule has 9 heteroatoms. The molecular weight excluding hydrogens is 297 g/mol. The van der Waals surface area contributed by atoms with Crippen LogP contribution in [0.15, 0.2) is 18.2 Å². The minimum atomic E-state index is -4.19. The van der Waals surface area contributed by atoms with Crippen LogP contribution in [0, 0.1) is 0 Å². The van der Waals surface area contributed by atoms with Gasteiger partial charge in [-0.3, -0.25) is 4.55 Å². The fourth-order valence-electron chi connectivity index (χ4n) is 1.45. The molecule has 1 aromatic rings. The number of rotatable bonds is 7. The van der Waals surface area contributed by atoms with Crippen molar-refractivity contribution in [2.24, 2.45) is 0 Å². The summed E-state index contributed by atoms with van der Waals surface area (Å²) >= 11 is 0. The summed E-state index contributed by atoms with van der Waals surface area (Å²) in [6.07, 6.45) is -1.22. The fraction of sp³-hybridized carbons (Fsp3) is 0.455. The van der Waals surface area contributed by atoms with Gasteiger partial charge in [-0.1, -0.05) is 0 Å². The zero-order chi connectivity index (χ0) is 14.5. The zero-order valence-electron chi connectivity index (χ0n) is 11.7. The summed E-state index contributed by atoms with van der Waals surface area (Å²) in [4.78, 5) is 0. The van der Waals surface area contributed by atoms with E-state index in [0.717, 1.165) is 0 Å². The molecule has 1 atom stereocenters. The van der Waals surface area contributed by atoms with Crippen LogP contribution in [0.2, 0.25) is 0 Å². The first-order valence-electron chi connectivity index (χ1n) is 5.44. The SMILES string of the molecule is COc1cc(NCC(O)CS(=O)(=O)O)cc(OC)c1.[Na]. The number of methoxy groups -OCH3 is 2. The average molecular weight is 314 g/mol. The molecule has 0 amide bonds. The third kappa shape index (κ3) is 7.32. The Kier molecular flexibility index (Phi) is 8.48. The van der Waals surface area contributed by atoms with E-state index < -0.39 is 22.0 Å². The molecule has 3 N–H and O–H groups in total. The number of nitrogens with one attached hydrogen (secondary N) is 1. The van der Waals surface area contributed by atoms with Gasteiger partial charge in [-0.05, 0) is 0 Å². The third-order valence-corrected chi connectivity index (χ3v) is 3.10. The Balaban J connectivity index is 0.00000361. The van der Waals surface area contributed by atoms with Gasteiger partial charge in [-0.2, -0.15) is 8.42 Å². The fourth-order valence-corrected chi connectivity index (χ4v) is 2.05. The van der Waals surface area contributed by atoms with Crippen LogP contribution in [0.5, 0.6) is 11.5 Å². The molecule has 0 bridgehead atoms. The molecule has 7 nitrogen and oxygen atoms in total. The summed E-state index contributed by atoms with van der Waals surface area (Å²) in [6, 6.07) is 5.02. The van der Waals surface area contributed by atoms with Crippen LogP contribution in [-0.4, -0.2) is 80.3 Å². The molecule has 0 aromatic heterocycles. The Bertz CT molecular complexity index is 499. The third-order valence-electron chi connectivity index (χ3n) is 2.30. The van der Waals surface area contributed by atoms with Crippen molar-refractivity contribution < 1.29 is 27.6 Å². The van der Waals surface area contributed by atoms with Crippen molar-refractivity contribution in [3.63, 3.8) is 0 Å². The maximum absolute atomic E-state index is 10.6. The van der Waals surface area contributed by atoms with E-state index >= 15 is 0 Å². The van der Waals surface area contributed by atoms with Crippen LogP contribution in [0.4, 0.5) is 5.69 Å². The molecule has 1 rings (SSSR count). The van der Waals surface area contributed by atoms with Crippen LogP contribution in [-0.2, 0) is 10.1 Å². The van der Waals surface area contributed by atoms with Gasteiger partial charge in [-0.15, -0.1) is 0 Å². The van der Waals surface area contributed by atoms with Crippen molar-refractivity contribution >= 4 is 45.4 Å². The Hall–Kier alpha value is -0.510. The summed E-state index contributed by atoms with van der Waals surface area (Å²) in [6.45, 7) is -0.0316. The first-order valence-corrected chi connectivity index (χ1v) is 7.05. The van der Waals surface area contributed by atoms with Gasteiger partial charge in [0.2, 0.25) is 0 Å². The molecule has 1 aromatic carbocycles. The van der Waals surface area contributed by atoms with E-state index in [1.165, 1.54) is 14.2 Å². The van der Waals surface area contributed by atoms with Gasteiger partial charge in [0.15, 0.2) is 0 Å². The van der Waals surface area contributed by atoms with Crippen LogP contribution in [0.3, 0.4) is 0 Å². The summed E-state index contributed by atoms with van der Waals surface area (Å²) in [7, 11) is -1.18. The molecule has 0 aliphatic carbocycles. The van der Waals surface area contributed by atoms with Crippen molar-refractivity contribution in [1.82, 2.24) is 0 Å². The molecule has 20 heavy (non-hydrogen) atoms. The van der Waals surface area contributed by atoms with E-state index in [2.05, 4.69) is 5.32 Å². The first kappa shape index (κ1) is 19.5. The number of hydrogen-bond donors (Lipinski definition) is 3. The summed E-state index contributed by atoms with van der Waals surface area (Å²) in [5.41, 5.74) is 0.602. The second-order valence-corrected chi connectivity index (χ2v) is 5.38. The number of ether oxygens (including phenoxy) is 2. The molecule has 0 heterocycles. The quantitative estimate of drug-likeness (QED) is 0.480. The molecule has 0 fully saturated rings. The standard InChI is InChI=1S/C11H17NO6S.Na/c1-17-10-3-8(4-11(5-10)18-2)12-6-9(13)7-19(14,15)16;/h3-5,9,12-13H,6-7H2,1-2H3,(H,14,15,16);. The van der Waals surface area contributed by atoms with Crippen LogP contribution in [0.1, 0.15) is 0 Å². The topological polar surface area (TPSA) is 105 Å². The minimum absolute atomic E-state index is 0. The maximum Gasteiger partial charge on any atom is 0.267 e. The molecule has 1 unspecified atom stereocenters. The molecule has 1 radical (unpaired) electrons. The van der Waals surface area contributed by atoms with Crippen molar-refractivity contribution in [2.45, 2.75) is 6.10 Å². The van der Waals surface area contributed by atoms with Crippen LogP contribution >= 0.6 is 0 Å². The monoisotopic (exact) mass is 314 g/mol. The van der Waals surface area contributed by atoms with E-state index in [-0.39, 0.29) is 36.1 Å². The van der Waals surface area contributed by atoms with Crippen LogP contribution < -0.4 is 14.8 Å². The summed E-state index contributed by atoms with van der Waals surface area (Å²) in [5.74, 6) is 0.401. The second-order valence-electron chi connectivity index (χ2n) is 3.88. The van der Waals surface area contributed by atoms with E-state index in [9.17, 15) is 13.5 Å². The van der Waals surface area contributed by atoms with Gasteiger partial charge in [-0.25, -0.2) is 0 Å². The van der Waals surface area contributed by atoms with E-state index in [1.807, 2.05) is 0 Å². The Labute approximate surface area is 140 Å². The maximum atomic E-state index is 10.6. The molecule has 0 saturated carbocycles. The smallest absolute Gasteiger partial charge is 0.267 e. The van der Waals surface area contributed by atoms with E-state index in [1.54, 1.807) is 18.2 Å². The molecule has 0 aliphatic heterocycles. The molecule has 0 aliphatic rings. The number of aliphatic hydroxyl groups is 1. The van der Waals surface area contributed by atoms with Crippen molar-refractivity contribution in [3.05, 3.63) is 18.2 Å². The normalized spacial score (nSPS) is 12.2. The average Bonchev–Trinajstić information content (AvgIpc) is 2.33. The van der Waals surface area contributed by atoms with E-state index in [4.69, 9.17) is 14.0 Å². The number of anilines is 1. The predicted molar refractivity (Wildman–Crippen MR) is 76.2 cm³/mol. The Morgan fingerprint density at radius 3 is 2.10 bits per heavy atom. The second kappa shape index (κ2) is 8.71. The zero-order valence-corrected chi connectivity index (χ0v) is 14.5. The number of hydrogen-bond acceptors (Lipinski definition) is 6. The van der Waals surface area contributed by atoms with Crippen LogP contribution in [0.25, 0.3) is 0 Å². The van der Waals surface area contributed by atoms with Gasteiger partial charge in [0.1, 0.15) is 17.3 Å². The molecule has 0 spiro atoms. The first-order chi connectivity index (χ1) is 8.84. The van der Waals surface area contributed by atoms with Gasteiger partial charge in [0, 0.05) is 60.0 Å². The van der Waals surface area contributed by atoms with Gasteiger partial charge < -0.3 is 19.9 Å². The largest absolute Gasteiger partial charge is 0.497 e. The van der Waals surface area contributed by atoms with Crippen molar-refractivity contribution in [3.8, 4) is 11.5 Å². The van der Waals surface area contributed by atoms with Crippen molar-refractivity contribution in [1.29, 1.82) is 0 Å². The predicted octanol–water partition coefficient (Wildman–Crippen LogP) is -0.0164. The van der Waals surface area contributed by atoms with Crippen molar-refractivity contribution in [2.75, 3.05) is 31.8 Å². The van der Waals surface area contributed by atoms with Gasteiger partial charge >= 0.3 is 0 Å². The van der Waals surface area contributed by atoms with Gasteiger partial charge in [0.05, 0.1) is 20.3 Å². The molecule has 109 valence electrons.